The zero-order valence-corrected chi connectivity index (χ0v) is 17.3. The molecule has 7 nitrogen and oxygen atoms in total. The van der Waals surface area contributed by atoms with E-state index in [-0.39, 0.29) is 5.91 Å². The van der Waals surface area contributed by atoms with E-state index in [1.165, 1.54) is 0 Å². The van der Waals surface area contributed by atoms with E-state index in [2.05, 4.69) is 26.2 Å². The van der Waals surface area contributed by atoms with Gasteiger partial charge in [0.1, 0.15) is 17.6 Å². The largest absolute Gasteiger partial charge is 0.497 e. The van der Waals surface area contributed by atoms with Crippen LogP contribution in [-0.4, -0.2) is 27.8 Å². The Morgan fingerprint density at radius 3 is 2.77 bits per heavy atom. The van der Waals surface area contributed by atoms with Gasteiger partial charge in [-0.1, -0.05) is 18.6 Å². The van der Waals surface area contributed by atoms with Gasteiger partial charge in [-0.3, -0.25) is 4.79 Å². The van der Waals surface area contributed by atoms with Gasteiger partial charge in [-0.25, -0.2) is 0 Å². The van der Waals surface area contributed by atoms with Gasteiger partial charge in [-0.05, 0) is 60.9 Å². The fourth-order valence-electron chi connectivity index (χ4n) is 3.65. The Bertz CT molecular complexity index is 1160. The van der Waals surface area contributed by atoms with Crippen molar-refractivity contribution in [2.45, 2.75) is 32.2 Å². The molecule has 0 saturated heterocycles. The minimum atomic E-state index is -0.216. The maximum atomic E-state index is 12.5. The van der Waals surface area contributed by atoms with Crippen LogP contribution in [0.25, 0.3) is 11.6 Å². The molecule has 0 aliphatic carbocycles. The Balaban J connectivity index is 1.56. The number of carbonyl (C=O) groups excluding carboxylic acids is 1. The van der Waals surface area contributed by atoms with Crippen LogP contribution < -0.4 is 10.1 Å². The monoisotopic (exact) mass is 413 g/mol. The molecule has 1 aliphatic heterocycles. The third-order valence-corrected chi connectivity index (χ3v) is 5.28. The molecule has 0 fully saturated rings. The second-order valence-electron chi connectivity index (χ2n) is 7.38. The van der Waals surface area contributed by atoms with Crippen molar-refractivity contribution in [3.63, 3.8) is 0 Å². The van der Waals surface area contributed by atoms with Crippen molar-refractivity contribution in [1.82, 2.24) is 14.8 Å². The number of hydrogen-bond donors (Lipinski definition) is 1. The lowest BCUT2D eigenvalue weighted by molar-refractivity contribution is 0.102. The number of hydrogen-bond acceptors (Lipinski definition) is 5. The summed E-state index contributed by atoms with van der Waals surface area (Å²) >= 11 is 0. The van der Waals surface area contributed by atoms with Crippen LogP contribution in [0.15, 0.2) is 48.5 Å². The van der Waals surface area contributed by atoms with Gasteiger partial charge in [0.15, 0.2) is 5.82 Å². The van der Waals surface area contributed by atoms with Gasteiger partial charge in [-0.15, -0.1) is 10.2 Å². The van der Waals surface area contributed by atoms with E-state index in [9.17, 15) is 10.1 Å². The number of aryl methyl sites for hydroxylation is 1. The summed E-state index contributed by atoms with van der Waals surface area (Å²) in [4.78, 5) is 12.5. The molecular formula is C24H23N5O2. The minimum absolute atomic E-state index is 0.216. The Morgan fingerprint density at radius 1 is 1.16 bits per heavy atom. The Hall–Kier alpha value is -3.92. The number of anilines is 1. The highest BCUT2D eigenvalue weighted by Crippen LogP contribution is 2.23. The molecule has 1 amide bonds. The summed E-state index contributed by atoms with van der Waals surface area (Å²) in [6.07, 6.45) is 5.98. The van der Waals surface area contributed by atoms with Gasteiger partial charge in [-0.2, -0.15) is 5.26 Å². The Kier molecular flexibility index (Phi) is 6.08. The molecule has 2 aromatic carbocycles. The molecule has 0 unspecified atom stereocenters. The number of fused-ring (bicyclic) bond motifs is 1. The number of nitrogens with zero attached hydrogens (tertiary/aromatic N) is 4. The summed E-state index contributed by atoms with van der Waals surface area (Å²) in [7, 11) is 1.58. The van der Waals surface area contributed by atoms with E-state index in [1.54, 1.807) is 37.5 Å². The normalized spacial score (nSPS) is 13.6. The lowest BCUT2D eigenvalue weighted by atomic mass is 10.1. The molecule has 0 bridgehead atoms. The lowest BCUT2D eigenvalue weighted by Crippen LogP contribution is -2.11. The first kappa shape index (κ1) is 20.4. The average Bonchev–Trinajstić information content (AvgIpc) is 3.05. The molecule has 3 aromatic rings. The van der Waals surface area contributed by atoms with Crippen molar-refractivity contribution in [2.24, 2.45) is 0 Å². The van der Waals surface area contributed by atoms with Crippen molar-refractivity contribution < 1.29 is 9.53 Å². The molecule has 31 heavy (non-hydrogen) atoms. The van der Waals surface area contributed by atoms with Gasteiger partial charge < -0.3 is 14.6 Å². The Morgan fingerprint density at radius 2 is 2.00 bits per heavy atom. The second kappa shape index (κ2) is 9.26. The van der Waals surface area contributed by atoms with E-state index in [0.29, 0.717) is 28.4 Å². The zero-order valence-electron chi connectivity index (χ0n) is 17.3. The standard InChI is InChI=1S/C24H23N5O2/c1-31-21-11-9-18(10-12-21)24(30)26-20-7-5-6-17(15-20)14-19(16-25)23-28-27-22-8-3-2-4-13-29(22)23/h5-7,9-12,14-15H,2-4,8,13H2,1H3,(H,26,30)/b19-14+. The van der Waals surface area contributed by atoms with Crippen LogP contribution in [0.3, 0.4) is 0 Å². The van der Waals surface area contributed by atoms with E-state index in [0.717, 1.165) is 43.6 Å². The van der Waals surface area contributed by atoms with Crippen molar-refractivity contribution in [3.8, 4) is 11.8 Å². The molecule has 2 heterocycles. The average molecular weight is 413 g/mol. The molecule has 1 aromatic heterocycles. The maximum absolute atomic E-state index is 12.5. The highest BCUT2D eigenvalue weighted by molar-refractivity contribution is 6.04. The summed E-state index contributed by atoms with van der Waals surface area (Å²) in [6, 6.07) is 16.5. The molecule has 1 N–H and O–H groups in total. The predicted molar refractivity (Wildman–Crippen MR) is 118 cm³/mol. The van der Waals surface area contributed by atoms with Crippen molar-refractivity contribution in [3.05, 3.63) is 71.3 Å². The SMILES string of the molecule is COc1ccc(C(=O)Nc2cccc(/C=C(\C#N)c3nnc4n3CCCCC4)c2)cc1. The van der Waals surface area contributed by atoms with E-state index < -0.39 is 0 Å². The number of benzene rings is 2. The molecule has 1 aliphatic rings. The number of ether oxygens (including phenoxy) is 1. The summed E-state index contributed by atoms with van der Waals surface area (Å²) in [5.41, 5.74) is 2.44. The number of carbonyl (C=O) groups is 1. The van der Waals surface area contributed by atoms with Gasteiger partial charge >= 0.3 is 0 Å². The summed E-state index contributed by atoms with van der Waals surface area (Å²) in [6.45, 7) is 0.828. The first-order valence-corrected chi connectivity index (χ1v) is 10.3. The summed E-state index contributed by atoms with van der Waals surface area (Å²) < 4.78 is 7.18. The minimum Gasteiger partial charge on any atom is -0.497 e. The van der Waals surface area contributed by atoms with Crippen LogP contribution in [0.4, 0.5) is 5.69 Å². The van der Waals surface area contributed by atoms with E-state index in [4.69, 9.17) is 4.74 Å². The smallest absolute Gasteiger partial charge is 0.255 e. The maximum Gasteiger partial charge on any atom is 0.255 e. The number of rotatable bonds is 5. The molecule has 0 spiro atoms. The molecule has 0 radical (unpaired) electrons. The van der Waals surface area contributed by atoms with Crippen LogP contribution >= 0.6 is 0 Å². The van der Waals surface area contributed by atoms with Crippen LogP contribution in [-0.2, 0) is 13.0 Å². The second-order valence-corrected chi connectivity index (χ2v) is 7.38. The third kappa shape index (κ3) is 4.64. The van der Waals surface area contributed by atoms with E-state index >= 15 is 0 Å². The molecule has 7 heteroatoms. The molecule has 4 rings (SSSR count). The highest BCUT2D eigenvalue weighted by atomic mass is 16.5. The van der Waals surface area contributed by atoms with Gasteiger partial charge in [0.25, 0.3) is 5.91 Å². The molecular weight excluding hydrogens is 390 g/mol. The van der Waals surface area contributed by atoms with Crippen LogP contribution in [0.1, 0.15) is 46.8 Å². The number of amides is 1. The summed E-state index contributed by atoms with van der Waals surface area (Å²) in [5, 5.41) is 21.2. The number of methoxy groups -OCH3 is 1. The van der Waals surface area contributed by atoms with E-state index in [1.807, 2.05) is 24.3 Å². The molecule has 0 atom stereocenters. The van der Waals surface area contributed by atoms with Crippen molar-refractivity contribution in [1.29, 1.82) is 5.26 Å². The first-order valence-electron chi connectivity index (χ1n) is 10.3. The van der Waals surface area contributed by atoms with Gasteiger partial charge in [0.2, 0.25) is 0 Å². The lowest BCUT2D eigenvalue weighted by Gasteiger charge is -2.08. The zero-order chi connectivity index (χ0) is 21.6. The predicted octanol–water partition coefficient (Wildman–Crippen LogP) is 4.33. The van der Waals surface area contributed by atoms with Gasteiger partial charge in [0.05, 0.1) is 12.7 Å². The number of aromatic nitrogens is 3. The summed E-state index contributed by atoms with van der Waals surface area (Å²) in [5.74, 6) is 2.02. The van der Waals surface area contributed by atoms with Crippen LogP contribution in [0.2, 0.25) is 0 Å². The van der Waals surface area contributed by atoms with Crippen LogP contribution in [0.5, 0.6) is 5.75 Å². The van der Waals surface area contributed by atoms with Gasteiger partial charge in [0, 0.05) is 24.2 Å². The van der Waals surface area contributed by atoms with Crippen LogP contribution in [0, 0.1) is 11.3 Å². The fraction of sp³-hybridized carbons (Fsp3) is 0.250. The molecule has 156 valence electrons. The number of nitriles is 1. The number of nitrogens with one attached hydrogen (secondary N) is 1. The van der Waals surface area contributed by atoms with Crippen molar-refractivity contribution in [2.75, 3.05) is 12.4 Å². The fourth-order valence-corrected chi connectivity index (χ4v) is 3.65. The molecule has 0 saturated carbocycles. The number of allylic oxidation sites excluding steroid dienone is 1. The quantitative estimate of drug-likeness (QED) is 0.629. The van der Waals surface area contributed by atoms with Crippen molar-refractivity contribution >= 4 is 23.2 Å². The first-order chi connectivity index (χ1) is 15.2. The topological polar surface area (TPSA) is 92.8 Å². The third-order valence-electron chi connectivity index (χ3n) is 5.28. The Labute approximate surface area is 181 Å². The highest BCUT2D eigenvalue weighted by Gasteiger charge is 2.17.